The van der Waals surface area contributed by atoms with Gasteiger partial charge < -0.3 is 9.72 Å². The number of carbonyl (C=O) groups excluding carboxylic acids is 1. The van der Waals surface area contributed by atoms with Crippen LogP contribution >= 0.6 is 0 Å². The molecule has 0 bridgehead atoms. The molecule has 1 saturated carbocycles. The van der Waals surface area contributed by atoms with Crippen molar-refractivity contribution < 1.29 is 17.9 Å². The van der Waals surface area contributed by atoms with E-state index in [4.69, 9.17) is 4.74 Å². The maximum Gasteiger partial charge on any atom is 0.255 e. The third kappa shape index (κ3) is 4.61. The molecule has 0 aliphatic heterocycles. The van der Waals surface area contributed by atoms with Crippen LogP contribution in [0.3, 0.4) is 0 Å². The second-order valence-corrected chi connectivity index (χ2v) is 12.4. The lowest BCUT2D eigenvalue weighted by Crippen LogP contribution is -2.28. The molecule has 0 saturated heterocycles. The van der Waals surface area contributed by atoms with Crippen LogP contribution in [-0.2, 0) is 16.4 Å². The van der Waals surface area contributed by atoms with E-state index < -0.39 is 14.8 Å². The van der Waals surface area contributed by atoms with Gasteiger partial charge in [-0.25, -0.2) is 12.4 Å². The van der Waals surface area contributed by atoms with E-state index in [0.717, 1.165) is 5.56 Å². The van der Waals surface area contributed by atoms with Crippen LogP contribution in [0.15, 0.2) is 66.4 Å². The fourth-order valence-corrected chi connectivity index (χ4v) is 7.36. The summed E-state index contributed by atoms with van der Waals surface area (Å²) in [5.74, 6) is 0.238. The van der Waals surface area contributed by atoms with Gasteiger partial charge in [0.2, 0.25) is 10.0 Å². The number of carbonyl (C=O) groups is 1. The zero-order valence-corrected chi connectivity index (χ0v) is 23.1. The highest BCUT2D eigenvalue weighted by molar-refractivity contribution is 7.91. The molecule has 3 heterocycles. The highest BCUT2D eigenvalue weighted by atomic mass is 32.2. The Hall–Kier alpha value is -3.98. The standard InChI is InChI=1S/C30H31N3O5S/c1-5-10-30(11-12-30)39(36,37)33-18-19(2)28-24(15-22(16-25(28)33)21-7-6-13-31-17-21)26(34)9-8-23-27(38-4)14-20(3)32-29(23)35/h5-7,13-18H,1,8-12H2,2-4H3,(H,32,35). The quantitative estimate of drug-likeness (QED) is 0.219. The summed E-state index contributed by atoms with van der Waals surface area (Å²) in [6, 6.07) is 8.99. The zero-order valence-electron chi connectivity index (χ0n) is 22.3. The van der Waals surface area contributed by atoms with Crippen molar-refractivity contribution in [1.29, 1.82) is 0 Å². The number of pyridine rings is 2. The first-order valence-electron chi connectivity index (χ1n) is 12.8. The van der Waals surface area contributed by atoms with Crippen molar-refractivity contribution in [3.05, 3.63) is 94.3 Å². The lowest BCUT2D eigenvalue weighted by Gasteiger charge is -2.17. The van der Waals surface area contributed by atoms with Crippen LogP contribution in [-0.4, -0.2) is 40.0 Å². The van der Waals surface area contributed by atoms with Gasteiger partial charge in [0.25, 0.3) is 5.56 Å². The molecule has 1 aliphatic rings. The molecule has 9 heteroatoms. The molecule has 0 unspecified atom stereocenters. The maximum absolute atomic E-state index is 13.9. The Balaban J connectivity index is 1.64. The predicted molar refractivity (Wildman–Crippen MR) is 152 cm³/mol. The van der Waals surface area contributed by atoms with Crippen molar-refractivity contribution in [3.63, 3.8) is 0 Å². The number of fused-ring (bicyclic) bond motifs is 1. The Morgan fingerprint density at radius 1 is 1.23 bits per heavy atom. The van der Waals surface area contributed by atoms with Gasteiger partial charge in [-0.05, 0) is 74.9 Å². The number of allylic oxidation sites excluding steroid dienone is 1. The minimum absolute atomic E-state index is 0.0475. The number of ether oxygens (including phenoxy) is 1. The Morgan fingerprint density at radius 3 is 2.64 bits per heavy atom. The monoisotopic (exact) mass is 545 g/mol. The van der Waals surface area contributed by atoms with Crippen LogP contribution in [0.25, 0.3) is 22.0 Å². The molecule has 0 atom stereocenters. The fourth-order valence-electron chi connectivity index (χ4n) is 5.30. The number of aromatic nitrogens is 3. The molecule has 1 aromatic carbocycles. The number of nitrogens with zero attached hydrogens (tertiary/aromatic N) is 2. The van der Waals surface area contributed by atoms with E-state index in [1.54, 1.807) is 49.8 Å². The number of Topliss-reactive ketones (excluding diaryl/α,β-unsaturated/α-hetero) is 1. The van der Waals surface area contributed by atoms with E-state index in [-0.39, 0.29) is 24.2 Å². The first kappa shape index (κ1) is 26.6. The number of H-pyrrole nitrogens is 1. The molecule has 39 heavy (non-hydrogen) atoms. The predicted octanol–water partition coefficient (Wildman–Crippen LogP) is 5.12. The van der Waals surface area contributed by atoms with Crippen LogP contribution in [0.2, 0.25) is 0 Å². The van der Waals surface area contributed by atoms with E-state index in [1.807, 2.05) is 19.1 Å². The molecule has 1 fully saturated rings. The molecule has 1 N–H and O–H groups in total. The molecule has 8 nitrogen and oxygen atoms in total. The average Bonchev–Trinajstić information content (AvgIpc) is 3.64. The molecule has 5 rings (SSSR count). The number of methoxy groups -OCH3 is 1. The minimum atomic E-state index is -3.75. The molecule has 3 aromatic heterocycles. The summed E-state index contributed by atoms with van der Waals surface area (Å²) in [6.45, 7) is 7.34. The molecule has 4 aromatic rings. The third-order valence-corrected chi connectivity index (χ3v) is 10.0. The Morgan fingerprint density at radius 2 is 2.00 bits per heavy atom. The topological polar surface area (TPSA) is 111 Å². The van der Waals surface area contributed by atoms with Crippen LogP contribution in [0.4, 0.5) is 0 Å². The van der Waals surface area contributed by atoms with E-state index in [9.17, 15) is 18.0 Å². The van der Waals surface area contributed by atoms with E-state index >= 15 is 0 Å². The minimum Gasteiger partial charge on any atom is -0.496 e. The van der Waals surface area contributed by atoms with Gasteiger partial charge in [0.15, 0.2) is 5.78 Å². The van der Waals surface area contributed by atoms with Gasteiger partial charge in [0.05, 0.1) is 22.9 Å². The second kappa shape index (κ2) is 9.96. The highest BCUT2D eigenvalue weighted by Crippen LogP contribution is 2.49. The fraction of sp³-hybridized carbons (Fsp3) is 0.300. The lowest BCUT2D eigenvalue weighted by molar-refractivity contribution is 0.0984. The number of rotatable bonds is 10. The Bertz CT molecular complexity index is 1760. The maximum atomic E-state index is 13.9. The second-order valence-electron chi connectivity index (χ2n) is 10.2. The van der Waals surface area contributed by atoms with Gasteiger partial charge >= 0.3 is 0 Å². The van der Waals surface area contributed by atoms with Crippen LogP contribution in [0.1, 0.15) is 52.9 Å². The first-order chi connectivity index (χ1) is 18.6. The largest absolute Gasteiger partial charge is 0.496 e. The zero-order chi connectivity index (χ0) is 27.9. The van der Waals surface area contributed by atoms with Crippen LogP contribution in [0, 0.1) is 13.8 Å². The van der Waals surface area contributed by atoms with Gasteiger partial charge in [-0.15, -0.1) is 6.58 Å². The van der Waals surface area contributed by atoms with Crippen molar-refractivity contribution in [2.75, 3.05) is 7.11 Å². The molecule has 0 radical (unpaired) electrons. The lowest BCUT2D eigenvalue weighted by atomic mass is 9.94. The van der Waals surface area contributed by atoms with Crippen molar-refractivity contribution in [2.24, 2.45) is 0 Å². The number of aromatic amines is 1. The number of ketones is 1. The SMILES string of the molecule is C=CCC1(S(=O)(=O)n2cc(C)c3c(C(=O)CCc4c(OC)cc(C)[nH]c4=O)cc(-c4cccnc4)cc32)CC1. The smallest absolute Gasteiger partial charge is 0.255 e. The number of benzene rings is 1. The van der Waals surface area contributed by atoms with Crippen molar-refractivity contribution in [3.8, 4) is 16.9 Å². The number of nitrogens with one attached hydrogen (secondary N) is 1. The van der Waals surface area contributed by atoms with Crippen LogP contribution in [0.5, 0.6) is 5.75 Å². The summed E-state index contributed by atoms with van der Waals surface area (Å²) in [5, 5.41) is 0.593. The Labute approximate surface area is 227 Å². The van der Waals surface area contributed by atoms with Crippen molar-refractivity contribution >= 4 is 26.7 Å². The molecular weight excluding hydrogens is 514 g/mol. The van der Waals surface area contributed by atoms with E-state index in [2.05, 4.69) is 16.5 Å². The molecular formula is C30H31N3O5S. The van der Waals surface area contributed by atoms with Crippen molar-refractivity contribution in [2.45, 2.75) is 50.7 Å². The summed E-state index contributed by atoms with van der Waals surface area (Å²) in [5.41, 5.74) is 3.78. The third-order valence-electron chi connectivity index (χ3n) is 7.54. The van der Waals surface area contributed by atoms with E-state index in [0.29, 0.717) is 63.9 Å². The highest BCUT2D eigenvalue weighted by Gasteiger charge is 2.54. The average molecular weight is 546 g/mol. The van der Waals surface area contributed by atoms with Crippen molar-refractivity contribution in [1.82, 2.24) is 13.9 Å². The number of aryl methyl sites for hydroxylation is 2. The summed E-state index contributed by atoms with van der Waals surface area (Å²) in [7, 11) is -2.26. The number of hydrogen-bond acceptors (Lipinski definition) is 6. The van der Waals surface area contributed by atoms with Gasteiger partial charge in [-0.1, -0.05) is 12.1 Å². The first-order valence-corrected chi connectivity index (χ1v) is 14.3. The molecule has 202 valence electrons. The summed E-state index contributed by atoms with van der Waals surface area (Å²) in [4.78, 5) is 33.4. The van der Waals surface area contributed by atoms with Gasteiger partial charge in [0.1, 0.15) is 5.75 Å². The van der Waals surface area contributed by atoms with Gasteiger partial charge in [-0.2, -0.15) is 0 Å². The summed E-state index contributed by atoms with van der Waals surface area (Å²) < 4.78 is 33.6. The summed E-state index contributed by atoms with van der Waals surface area (Å²) in [6.07, 6.45) is 8.34. The van der Waals surface area contributed by atoms with Gasteiger partial charge in [-0.3, -0.25) is 14.6 Å². The molecule has 1 aliphatic carbocycles. The Kier molecular flexibility index (Phi) is 6.80. The van der Waals surface area contributed by atoms with Crippen LogP contribution < -0.4 is 10.3 Å². The molecule has 0 amide bonds. The van der Waals surface area contributed by atoms with Gasteiger partial charge in [0, 0.05) is 47.2 Å². The normalized spacial score (nSPS) is 14.3. The molecule has 0 spiro atoms. The van der Waals surface area contributed by atoms with E-state index in [1.165, 1.54) is 11.1 Å². The summed E-state index contributed by atoms with van der Waals surface area (Å²) >= 11 is 0. The number of hydrogen-bond donors (Lipinski definition) is 1.